The Morgan fingerprint density at radius 2 is 2.41 bits per heavy atom. The van der Waals surface area contributed by atoms with E-state index in [4.69, 9.17) is 5.11 Å². The zero-order chi connectivity index (χ0) is 12.5. The summed E-state index contributed by atoms with van der Waals surface area (Å²) >= 11 is 1.07. The molecule has 0 saturated carbocycles. The van der Waals surface area contributed by atoms with Crippen molar-refractivity contribution in [2.75, 3.05) is 11.5 Å². The SMILES string of the molecule is O=C(O)c1nc(CNC2CCS(=O)(=O)C2)cs1. The van der Waals surface area contributed by atoms with E-state index in [9.17, 15) is 13.2 Å². The number of aromatic carboxylic acids is 1. The molecule has 2 heterocycles. The van der Waals surface area contributed by atoms with E-state index in [1.165, 1.54) is 0 Å². The number of carbonyl (C=O) groups is 1. The van der Waals surface area contributed by atoms with Crippen molar-refractivity contribution in [2.24, 2.45) is 0 Å². The highest BCUT2D eigenvalue weighted by Gasteiger charge is 2.27. The molecule has 2 rings (SSSR count). The third kappa shape index (κ3) is 3.24. The van der Waals surface area contributed by atoms with Crippen LogP contribution in [0, 0.1) is 0 Å². The summed E-state index contributed by atoms with van der Waals surface area (Å²) in [4.78, 5) is 14.5. The molecule has 0 radical (unpaired) electrons. The van der Waals surface area contributed by atoms with Crippen LogP contribution in [0.2, 0.25) is 0 Å². The summed E-state index contributed by atoms with van der Waals surface area (Å²) in [6.07, 6.45) is 0.609. The van der Waals surface area contributed by atoms with Crippen molar-refractivity contribution in [3.05, 3.63) is 16.1 Å². The average Bonchev–Trinajstić information content (AvgIpc) is 2.81. The van der Waals surface area contributed by atoms with Crippen LogP contribution in [0.5, 0.6) is 0 Å². The fraction of sp³-hybridized carbons (Fsp3) is 0.556. The highest BCUT2D eigenvalue weighted by atomic mass is 32.2. The molecule has 1 aromatic heterocycles. The summed E-state index contributed by atoms with van der Waals surface area (Å²) in [6.45, 7) is 0.407. The van der Waals surface area contributed by atoms with Gasteiger partial charge in [-0.25, -0.2) is 18.2 Å². The Labute approximate surface area is 103 Å². The number of thiazole rings is 1. The standard InChI is InChI=1S/C9H12N2O4S2/c12-9(13)8-11-7(4-16-8)3-10-6-1-2-17(14,15)5-6/h4,6,10H,1-3,5H2,(H,12,13). The van der Waals surface area contributed by atoms with Gasteiger partial charge in [-0.05, 0) is 6.42 Å². The molecule has 0 bridgehead atoms. The number of nitrogens with one attached hydrogen (secondary N) is 1. The second-order valence-electron chi connectivity index (χ2n) is 3.93. The largest absolute Gasteiger partial charge is 0.476 e. The number of hydrogen-bond acceptors (Lipinski definition) is 6. The number of carboxylic acid groups (broad SMARTS) is 1. The van der Waals surface area contributed by atoms with Crippen LogP contribution in [0.4, 0.5) is 0 Å². The molecule has 0 spiro atoms. The lowest BCUT2D eigenvalue weighted by atomic mass is 10.2. The van der Waals surface area contributed by atoms with Crippen LogP contribution in [0.3, 0.4) is 0 Å². The third-order valence-corrected chi connectivity index (χ3v) is 5.19. The predicted molar refractivity (Wildman–Crippen MR) is 63.0 cm³/mol. The minimum Gasteiger partial charge on any atom is -0.476 e. The van der Waals surface area contributed by atoms with Gasteiger partial charge >= 0.3 is 5.97 Å². The molecule has 8 heteroatoms. The number of nitrogens with zero attached hydrogens (tertiary/aromatic N) is 1. The van der Waals surface area contributed by atoms with Crippen molar-refractivity contribution in [1.29, 1.82) is 0 Å². The molecular formula is C9H12N2O4S2. The summed E-state index contributed by atoms with van der Waals surface area (Å²) < 4.78 is 22.4. The molecule has 2 N–H and O–H groups in total. The lowest BCUT2D eigenvalue weighted by molar-refractivity contribution is 0.0696. The molecule has 0 amide bonds. The van der Waals surface area contributed by atoms with E-state index in [1.807, 2.05) is 0 Å². The quantitative estimate of drug-likeness (QED) is 0.810. The molecule has 1 fully saturated rings. The average molecular weight is 276 g/mol. The van der Waals surface area contributed by atoms with Gasteiger partial charge in [0.25, 0.3) is 0 Å². The van der Waals surface area contributed by atoms with Crippen molar-refractivity contribution < 1.29 is 18.3 Å². The number of hydrogen-bond donors (Lipinski definition) is 2. The van der Waals surface area contributed by atoms with E-state index in [-0.39, 0.29) is 22.6 Å². The van der Waals surface area contributed by atoms with Crippen LogP contribution in [-0.4, -0.2) is 42.0 Å². The fourth-order valence-electron chi connectivity index (χ4n) is 1.69. The molecular weight excluding hydrogens is 264 g/mol. The zero-order valence-electron chi connectivity index (χ0n) is 8.92. The number of rotatable bonds is 4. The Morgan fingerprint density at radius 1 is 1.65 bits per heavy atom. The lowest BCUT2D eigenvalue weighted by Gasteiger charge is -2.08. The first-order chi connectivity index (χ1) is 7.96. The van der Waals surface area contributed by atoms with Crippen molar-refractivity contribution in [1.82, 2.24) is 10.3 Å². The van der Waals surface area contributed by atoms with E-state index in [0.717, 1.165) is 11.3 Å². The molecule has 1 unspecified atom stereocenters. The molecule has 6 nitrogen and oxygen atoms in total. The maximum Gasteiger partial charge on any atom is 0.365 e. The maximum atomic E-state index is 11.2. The Morgan fingerprint density at radius 3 is 2.94 bits per heavy atom. The van der Waals surface area contributed by atoms with E-state index in [0.29, 0.717) is 18.7 Å². The van der Waals surface area contributed by atoms with Crippen LogP contribution >= 0.6 is 11.3 Å². The first-order valence-electron chi connectivity index (χ1n) is 5.08. The fourth-order valence-corrected chi connectivity index (χ4v) is 4.05. The van der Waals surface area contributed by atoms with Crippen molar-refractivity contribution in [3.63, 3.8) is 0 Å². The summed E-state index contributed by atoms with van der Waals surface area (Å²) in [5.74, 6) is -0.657. The Kier molecular flexibility index (Phi) is 3.45. The lowest BCUT2D eigenvalue weighted by Crippen LogP contribution is -2.29. The van der Waals surface area contributed by atoms with Crippen molar-refractivity contribution in [2.45, 2.75) is 19.0 Å². The molecule has 0 aliphatic carbocycles. The van der Waals surface area contributed by atoms with Gasteiger partial charge in [0.2, 0.25) is 5.01 Å². The van der Waals surface area contributed by atoms with Gasteiger partial charge in [-0.1, -0.05) is 0 Å². The first kappa shape index (κ1) is 12.5. The molecule has 0 aromatic carbocycles. The van der Waals surface area contributed by atoms with Gasteiger partial charge in [0.05, 0.1) is 17.2 Å². The van der Waals surface area contributed by atoms with Crippen LogP contribution < -0.4 is 5.32 Å². The molecule has 1 aromatic rings. The van der Waals surface area contributed by atoms with Gasteiger partial charge in [0, 0.05) is 18.0 Å². The smallest absolute Gasteiger partial charge is 0.365 e. The monoisotopic (exact) mass is 276 g/mol. The molecule has 94 valence electrons. The van der Waals surface area contributed by atoms with Gasteiger partial charge in [0.1, 0.15) is 0 Å². The molecule has 1 aliphatic heterocycles. The van der Waals surface area contributed by atoms with Gasteiger partial charge in [-0.2, -0.15) is 0 Å². The van der Waals surface area contributed by atoms with Gasteiger partial charge < -0.3 is 10.4 Å². The molecule has 1 aliphatic rings. The highest BCUT2D eigenvalue weighted by molar-refractivity contribution is 7.91. The van der Waals surface area contributed by atoms with Crippen LogP contribution in [-0.2, 0) is 16.4 Å². The van der Waals surface area contributed by atoms with Crippen molar-refractivity contribution in [3.8, 4) is 0 Å². The molecule has 17 heavy (non-hydrogen) atoms. The minimum absolute atomic E-state index is 0.0463. The predicted octanol–water partition coefficient (Wildman–Crippen LogP) is 0.118. The van der Waals surface area contributed by atoms with Crippen LogP contribution in [0.25, 0.3) is 0 Å². The summed E-state index contributed by atoms with van der Waals surface area (Å²) in [7, 11) is -2.88. The molecule has 1 saturated heterocycles. The normalized spacial score (nSPS) is 22.7. The Balaban J connectivity index is 1.88. The number of sulfone groups is 1. The maximum absolute atomic E-state index is 11.2. The first-order valence-corrected chi connectivity index (χ1v) is 7.78. The summed E-state index contributed by atoms with van der Waals surface area (Å²) in [6, 6.07) is -0.0463. The topological polar surface area (TPSA) is 96.4 Å². The van der Waals surface area contributed by atoms with Crippen LogP contribution in [0.15, 0.2) is 5.38 Å². The second kappa shape index (κ2) is 4.71. The van der Waals surface area contributed by atoms with E-state index in [2.05, 4.69) is 10.3 Å². The second-order valence-corrected chi connectivity index (χ2v) is 7.02. The number of aromatic nitrogens is 1. The Hall–Kier alpha value is -0.990. The van der Waals surface area contributed by atoms with E-state index < -0.39 is 15.8 Å². The zero-order valence-corrected chi connectivity index (χ0v) is 10.6. The van der Waals surface area contributed by atoms with E-state index >= 15 is 0 Å². The van der Waals surface area contributed by atoms with Crippen LogP contribution in [0.1, 0.15) is 21.9 Å². The van der Waals surface area contributed by atoms with E-state index in [1.54, 1.807) is 5.38 Å². The summed E-state index contributed by atoms with van der Waals surface area (Å²) in [5.41, 5.74) is 0.636. The van der Waals surface area contributed by atoms with Gasteiger partial charge in [-0.15, -0.1) is 11.3 Å². The molecule has 1 atom stereocenters. The number of carboxylic acids is 1. The Bertz CT molecular complexity index is 523. The summed E-state index contributed by atoms with van der Waals surface area (Å²) in [5, 5.41) is 13.5. The highest BCUT2D eigenvalue weighted by Crippen LogP contribution is 2.13. The third-order valence-electron chi connectivity index (χ3n) is 2.54. The van der Waals surface area contributed by atoms with Gasteiger partial charge in [-0.3, -0.25) is 0 Å². The van der Waals surface area contributed by atoms with Gasteiger partial charge in [0.15, 0.2) is 9.84 Å². The van der Waals surface area contributed by atoms with Crippen molar-refractivity contribution >= 4 is 27.1 Å². The minimum atomic E-state index is -2.88.